The van der Waals surface area contributed by atoms with Gasteiger partial charge in [-0.05, 0) is 24.8 Å². The maximum atomic E-state index is 12.5. The van der Waals surface area contributed by atoms with Crippen molar-refractivity contribution in [3.63, 3.8) is 0 Å². The lowest BCUT2D eigenvalue weighted by molar-refractivity contribution is -0.142. The van der Waals surface area contributed by atoms with E-state index < -0.39 is 21.1 Å². The molecule has 0 N–H and O–H groups in total. The SMILES string of the molecule is CCOC(=O)C(c1ccccc1)S(=O)(=O)CCC(C)C. The number of hydrogen-bond donors (Lipinski definition) is 0. The van der Waals surface area contributed by atoms with Gasteiger partial charge in [0.05, 0.1) is 12.4 Å². The predicted molar refractivity (Wildman–Crippen MR) is 79.1 cm³/mol. The third-order valence-corrected chi connectivity index (χ3v) is 4.93. The summed E-state index contributed by atoms with van der Waals surface area (Å²) in [5.74, 6) is -0.436. The zero-order chi connectivity index (χ0) is 15.2. The van der Waals surface area contributed by atoms with Crippen LogP contribution in [0.15, 0.2) is 30.3 Å². The maximum Gasteiger partial charge on any atom is 0.328 e. The minimum absolute atomic E-state index is 0.0109. The van der Waals surface area contributed by atoms with Crippen LogP contribution >= 0.6 is 0 Å². The van der Waals surface area contributed by atoms with Gasteiger partial charge in [-0.3, -0.25) is 4.79 Å². The summed E-state index contributed by atoms with van der Waals surface area (Å²) in [7, 11) is -3.57. The van der Waals surface area contributed by atoms with Crippen LogP contribution in [0.1, 0.15) is 38.0 Å². The molecule has 0 fully saturated rings. The smallest absolute Gasteiger partial charge is 0.328 e. The average Bonchev–Trinajstić information content (AvgIpc) is 2.38. The quantitative estimate of drug-likeness (QED) is 0.726. The van der Waals surface area contributed by atoms with E-state index in [9.17, 15) is 13.2 Å². The van der Waals surface area contributed by atoms with Gasteiger partial charge in [0.2, 0.25) is 0 Å². The van der Waals surface area contributed by atoms with Crippen LogP contribution in [0.25, 0.3) is 0 Å². The van der Waals surface area contributed by atoms with Gasteiger partial charge in [-0.1, -0.05) is 44.2 Å². The van der Waals surface area contributed by atoms with Crippen molar-refractivity contribution in [1.82, 2.24) is 0 Å². The molecular formula is C15H22O4S. The first kappa shape index (κ1) is 16.7. The predicted octanol–water partition coefficient (Wildman–Crippen LogP) is 2.75. The van der Waals surface area contributed by atoms with Crippen molar-refractivity contribution in [3.05, 3.63) is 35.9 Å². The zero-order valence-electron chi connectivity index (χ0n) is 12.2. The van der Waals surface area contributed by atoms with E-state index in [1.165, 1.54) is 0 Å². The Hall–Kier alpha value is -1.36. The molecule has 0 amide bonds. The molecule has 0 aliphatic carbocycles. The van der Waals surface area contributed by atoms with Crippen molar-refractivity contribution < 1.29 is 17.9 Å². The van der Waals surface area contributed by atoms with E-state index in [1.807, 2.05) is 13.8 Å². The van der Waals surface area contributed by atoms with Crippen molar-refractivity contribution in [2.75, 3.05) is 12.4 Å². The van der Waals surface area contributed by atoms with Gasteiger partial charge in [0.25, 0.3) is 0 Å². The average molecular weight is 298 g/mol. The summed E-state index contributed by atoms with van der Waals surface area (Å²) < 4.78 is 29.8. The fraction of sp³-hybridized carbons (Fsp3) is 0.533. The number of esters is 1. The van der Waals surface area contributed by atoms with Gasteiger partial charge < -0.3 is 4.74 Å². The van der Waals surface area contributed by atoms with Crippen LogP contribution in [0.2, 0.25) is 0 Å². The van der Waals surface area contributed by atoms with Crippen LogP contribution < -0.4 is 0 Å². The molecule has 0 bridgehead atoms. The Morgan fingerprint density at radius 1 is 1.20 bits per heavy atom. The van der Waals surface area contributed by atoms with E-state index in [1.54, 1.807) is 37.3 Å². The van der Waals surface area contributed by atoms with Crippen LogP contribution in [0.4, 0.5) is 0 Å². The molecule has 20 heavy (non-hydrogen) atoms. The lowest BCUT2D eigenvalue weighted by Gasteiger charge is -2.17. The Morgan fingerprint density at radius 3 is 2.30 bits per heavy atom. The second kappa shape index (κ2) is 7.43. The van der Waals surface area contributed by atoms with Gasteiger partial charge in [-0.15, -0.1) is 0 Å². The fourth-order valence-electron chi connectivity index (χ4n) is 1.85. The van der Waals surface area contributed by atoms with Crippen molar-refractivity contribution in [2.24, 2.45) is 5.92 Å². The molecule has 0 heterocycles. The fourth-order valence-corrected chi connectivity index (χ4v) is 3.82. The molecule has 1 atom stereocenters. The molecule has 1 rings (SSSR count). The van der Waals surface area contributed by atoms with E-state index in [0.717, 1.165) is 0 Å². The van der Waals surface area contributed by atoms with Crippen molar-refractivity contribution >= 4 is 15.8 Å². The Morgan fingerprint density at radius 2 is 1.80 bits per heavy atom. The third kappa shape index (κ3) is 4.63. The largest absolute Gasteiger partial charge is 0.465 e. The van der Waals surface area contributed by atoms with Gasteiger partial charge in [-0.2, -0.15) is 0 Å². The lowest BCUT2D eigenvalue weighted by Crippen LogP contribution is -2.27. The molecule has 5 heteroatoms. The van der Waals surface area contributed by atoms with E-state index in [-0.39, 0.29) is 18.3 Å². The summed E-state index contributed by atoms with van der Waals surface area (Å²) >= 11 is 0. The van der Waals surface area contributed by atoms with Crippen LogP contribution in [0, 0.1) is 5.92 Å². The van der Waals surface area contributed by atoms with E-state index in [0.29, 0.717) is 12.0 Å². The highest BCUT2D eigenvalue weighted by Crippen LogP contribution is 2.26. The number of hydrogen-bond acceptors (Lipinski definition) is 4. The highest BCUT2D eigenvalue weighted by atomic mass is 32.2. The lowest BCUT2D eigenvalue weighted by atomic mass is 10.1. The Kier molecular flexibility index (Phi) is 6.20. The summed E-state index contributed by atoms with van der Waals surface area (Å²) in [5, 5.41) is -1.22. The van der Waals surface area contributed by atoms with E-state index >= 15 is 0 Å². The number of sulfone groups is 1. The van der Waals surface area contributed by atoms with Crippen LogP contribution in [-0.2, 0) is 19.4 Å². The Labute approximate surface area is 121 Å². The van der Waals surface area contributed by atoms with Crippen molar-refractivity contribution in [2.45, 2.75) is 32.4 Å². The van der Waals surface area contributed by atoms with Gasteiger partial charge >= 0.3 is 5.97 Å². The molecule has 1 unspecified atom stereocenters. The molecule has 0 aliphatic heterocycles. The number of ether oxygens (including phenoxy) is 1. The van der Waals surface area contributed by atoms with E-state index in [4.69, 9.17) is 4.74 Å². The van der Waals surface area contributed by atoms with Gasteiger partial charge in [-0.25, -0.2) is 8.42 Å². The normalized spacial score (nSPS) is 13.2. The second-order valence-electron chi connectivity index (χ2n) is 5.09. The third-order valence-electron chi connectivity index (χ3n) is 2.94. The minimum Gasteiger partial charge on any atom is -0.465 e. The number of carbonyl (C=O) groups excluding carboxylic acids is 1. The topological polar surface area (TPSA) is 60.4 Å². The first-order valence-electron chi connectivity index (χ1n) is 6.81. The molecule has 4 nitrogen and oxygen atoms in total. The first-order chi connectivity index (χ1) is 9.38. The number of rotatable bonds is 7. The van der Waals surface area contributed by atoms with E-state index in [2.05, 4.69) is 0 Å². The molecular weight excluding hydrogens is 276 g/mol. The van der Waals surface area contributed by atoms with Crippen molar-refractivity contribution in [1.29, 1.82) is 0 Å². The van der Waals surface area contributed by atoms with Crippen LogP contribution in [-0.4, -0.2) is 26.7 Å². The molecule has 0 saturated heterocycles. The van der Waals surface area contributed by atoms with Gasteiger partial charge in [0.15, 0.2) is 15.1 Å². The highest BCUT2D eigenvalue weighted by molar-refractivity contribution is 7.92. The summed E-state index contributed by atoms with van der Waals surface area (Å²) in [5.41, 5.74) is 0.467. The molecule has 0 aliphatic rings. The molecule has 1 aromatic carbocycles. The Balaban J connectivity index is 3.08. The monoisotopic (exact) mass is 298 g/mol. The zero-order valence-corrected chi connectivity index (χ0v) is 13.0. The molecule has 0 radical (unpaired) electrons. The van der Waals surface area contributed by atoms with Crippen LogP contribution in [0.5, 0.6) is 0 Å². The highest BCUT2D eigenvalue weighted by Gasteiger charge is 2.35. The second-order valence-corrected chi connectivity index (χ2v) is 7.30. The number of benzene rings is 1. The molecule has 0 aromatic heterocycles. The number of carbonyl (C=O) groups is 1. The van der Waals surface area contributed by atoms with Crippen molar-refractivity contribution in [3.8, 4) is 0 Å². The van der Waals surface area contributed by atoms with Gasteiger partial charge in [0, 0.05) is 0 Å². The summed E-state index contributed by atoms with van der Waals surface area (Å²) in [6, 6.07) is 8.52. The summed E-state index contributed by atoms with van der Waals surface area (Å²) in [6.45, 7) is 5.75. The standard InChI is InChI=1S/C15H22O4S/c1-4-19-15(16)14(13-8-6-5-7-9-13)20(17,18)11-10-12(2)3/h5-9,12,14H,4,10-11H2,1-3H3. The summed E-state index contributed by atoms with van der Waals surface area (Å²) in [6.07, 6.45) is 0.533. The molecule has 0 saturated carbocycles. The molecule has 0 spiro atoms. The first-order valence-corrected chi connectivity index (χ1v) is 8.53. The summed E-state index contributed by atoms with van der Waals surface area (Å²) in [4.78, 5) is 12.0. The Bertz CT molecular complexity index is 520. The van der Waals surface area contributed by atoms with Crippen LogP contribution in [0.3, 0.4) is 0 Å². The van der Waals surface area contributed by atoms with Gasteiger partial charge in [0.1, 0.15) is 0 Å². The maximum absolute atomic E-state index is 12.5. The molecule has 112 valence electrons. The molecule has 1 aromatic rings. The minimum atomic E-state index is -3.57.